The molecule has 3 aromatic rings. The Kier molecular flexibility index (Phi) is 3.08. The molecule has 2 heterocycles. The average Bonchev–Trinajstić information content (AvgIpc) is 2.92. The van der Waals surface area contributed by atoms with Gasteiger partial charge in [-0.1, -0.05) is 15.9 Å². The van der Waals surface area contributed by atoms with Crippen LogP contribution in [0.15, 0.2) is 34.0 Å². The third-order valence-electron chi connectivity index (χ3n) is 2.80. The first kappa shape index (κ1) is 12.3. The van der Waals surface area contributed by atoms with Crippen LogP contribution in [0.4, 0.5) is 0 Å². The Hall–Kier alpha value is -1.73. The second kappa shape index (κ2) is 4.75. The lowest BCUT2D eigenvalue weighted by Crippen LogP contribution is -1.93. The summed E-state index contributed by atoms with van der Waals surface area (Å²) in [5.74, 6) is 0.724. The number of benzene rings is 1. The van der Waals surface area contributed by atoms with Gasteiger partial charge >= 0.3 is 0 Å². The number of hydrogen-bond acceptors (Lipinski definition) is 3. The molecule has 0 radical (unpaired) electrons. The summed E-state index contributed by atoms with van der Waals surface area (Å²) in [4.78, 5) is 3.20. The van der Waals surface area contributed by atoms with Gasteiger partial charge < -0.3 is 4.98 Å². The normalized spacial score (nSPS) is 11.7. The Morgan fingerprint density at radius 2 is 2.32 bits per heavy atom. The zero-order valence-corrected chi connectivity index (χ0v) is 12.4. The number of aromatic amines is 2. The number of fused-ring (bicyclic) bond motifs is 1. The molecule has 0 fully saturated rings. The van der Waals surface area contributed by atoms with Gasteiger partial charge in [0.15, 0.2) is 0 Å². The van der Waals surface area contributed by atoms with Crippen molar-refractivity contribution >= 4 is 45.3 Å². The van der Waals surface area contributed by atoms with Crippen LogP contribution in [0.25, 0.3) is 10.9 Å². The van der Waals surface area contributed by atoms with E-state index in [-0.39, 0.29) is 0 Å². The lowest BCUT2D eigenvalue weighted by atomic mass is 10.2. The zero-order valence-electron chi connectivity index (χ0n) is 10.0. The summed E-state index contributed by atoms with van der Waals surface area (Å²) in [5, 5.41) is 12.2. The highest BCUT2D eigenvalue weighted by molar-refractivity contribution is 9.10. The first-order chi connectivity index (χ1) is 9.15. The number of rotatable bonds is 2. The van der Waals surface area contributed by atoms with E-state index in [9.17, 15) is 0 Å². The van der Waals surface area contributed by atoms with E-state index in [2.05, 4.69) is 42.3 Å². The van der Waals surface area contributed by atoms with E-state index >= 15 is 0 Å². The molecule has 2 N–H and O–H groups in total. The van der Waals surface area contributed by atoms with E-state index in [4.69, 9.17) is 12.2 Å². The molecule has 0 bridgehead atoms. The minimum atomic E-state index is 0.481. The highest BCUT2D eigenvalue weighted by atomic mass is 79.9. The molecular weight excluding hydrogens is 326 g/mol. The molecule has 2 aromatic heterocycles. The highest BCUT2D eigenvalue weighted by Gasteiger charge is 2.03. The quantitative estimate of drug-likeness (QED) is 0.557. The Balaban J connectivity index is 2.06. The SMILES string of the molecule is Cc1n[nH]c(=S)n1/N=C/c1c[nH]c2ccc(Br)cc12. The van der Waals surface area contributed by atoms with E-state index < -0.39 is 0 Å². The van der Waals surface area contributed by atoms with Gasteiger partial charge in [0.1, 0.15) is 5.82 Å². The van der Waals surface area contributed by atoms with Crippen molar-refractivity contribution in [3.05, 3.63) is 45.0 Å². The number of aromatic nitrogens is 4. The monoisotopic (exact) mass is 335 g/mol. The topological polar surface area (TPSA) is 61.8 Å². The van der Waals surface area contributed by atoms with Gasteiger partial charge in [0.05, 0.1) is 6.21 Å². The van der Waals surface area contributed by atoms with Gasteiger partial charge in [0.2, 0.25) is 4.77 Å². The molecule has 0 atom stereocenters. The number of aryl methyl sites for hydroxylation is 1. The van der Waals surface area contributed by atoms with Gasteiger partial charge in [0.25, 0.3) is 0 Å². The smallest absolute Gasteiger partial charge is 0.216 e. The third-order valence-corrected chi connectivity index (χ3v) is 3.56. The lowest BCUT2D eigenvalue weighted by molar-refractivity contribution is 0.821. The lowest BCUT2D eigenvalue weighted by Gasteiger charge is -1.95. The minimum Gasteiger partial charge on any atom is -0.361 e. The summed E-state index contributed by atoms with van der Waals surface area (Å²) in [6.45, 7) is 1.84. The standard InChI is InChI=1S/C12H10BrN5S/c1-7-16-17-12(19)18(7)15-6-8-5-14-11-3-2-9(13)4-10(8)11/h2-6,14H,1H3,(H,17,19)/b15-6+. The van der Waals surface area contributed by atoms with Crippen LogP contribution in [0.3, 0.4) is 0 Å². The zero-order chi connectivity index (χ0) is 13.4. The molecule has 0 unspecified atom stereocenters. The van der Waals surface area contributed by atoms with Crippen molar-refractivity contribution in [3.8, 4) is 0 Å². The fourth-order valence-electron chi connectivity index (χ4n) is 1.85. The van der Waals surface area contributed by atoms with Crippen molar-refractivity contribution in [2.75, 3.05) is 0 Å². The van der Waals surface area contributed by atoms with Crippen LogP contribution in [0.2, 0.25) is 0 Å². The van der Waals surface area contributed by atoms with E-state index in [0.29, 0.717) is 4.77 Å². The van der Waals surface area contributed by atoms with Gasteiger partial charge in [-0.2, -0.15) is 14.9 Å². The van der Waals surface area contributed by atoms with Crippen molar-refractivity contribution in [3.63, 3.8) is 0 Å². The van der Waals surface area contributed by atoms with E-state index in [0.717, 1.165) is 26.8 Å². The van der Waals surface area contributed by atoms with E-state index in [1.54, 1.807) is 10.9 Å². The Morgan fingerprint density at radius 1 is 1.47 bits per heavy atom. The maximum atomic E-state index is 5.10. The molecule has 0 aliphatic rings. The largest absolute Gasteiger partial charge is 0.361 e. The first-order valence-corrected chi connectivity index (χ1v) is 6.80. The molecule has 0 saturated carbocycles. The highest BCUT2D eigenvalue weighted by Crippen LogP contribution is 2.21. The molecular formula is C12H10BrN5S. The molecule has 0 spiro atoms. The molecule has 19 heavy (non-hydrogen) atoms. The molecule has 1 aromatic carbocycles. The van der Waals surface area contributed by atoms with Crippen LogP contribution < -0.4 is 0 Å². The fourth-order valence-corrected chi connectivity index (χ4v) is 2.43. The summed E-state index contributed by atoms with van der Waals surface area (Å²) >= 11 is 8.57. The molecule has 7 heteroatoms. The van der Waals surface area contributed by atoms with Gasteiger partial charge in [-0.25, -0.2) is 0 Å². The number of nitrogens with one attached hydrogen (secondary N) is 2. The van der Waals surface area contributed by atoms with Crippen molar-refractivity contribution in [2.45, 2.75) is 6.92 Å². The van der Waals surface area contributed by atoms with Gasteiger partial charge in [-0.15, -0.1) is 0 Å². The Bertz CT molecular complexity index is 826. The maximum absolute atomic E-state index is 5.10. The molecule has 0 amide bonds. The molecule has 5 nitrogen and oxygen atoms in total. The predicted octanol–water partition coefficient (Wildman–Crippen LogP) is 3.38. The third kappa shape index (κ3) is 2.26. The number of hydrogen-bond donors (Lipinski definition) is 2. The number of H-pyrrole nitrogens is 2. The van der Waals surface area contributed by atoms with Gasteiger partial charge in [-0.3, -0.25) is 5.10 Å². The number of halogens is 1. The van der Waals surface area contributed by atoms with Crippen molar-refractivity contribution < 1.29 is 0 Å². The maximum Gasteiger partial charge on any atom is 0.216 e. The average molecular weight is 336 g/mol. The summed E-state index contributed by atoms with van der Waals surface area (Å²) in [5.41, 5.74) is 2.07. The van der Waals surface area contributed by atoms with E-state index in [1.807, 2.05) is 25.3 Å². The molecule has 0 saturated heterocycles. The van der Waals surface area contributed by atoms with Crippen LogP contribution in [0.5, 0.6) is 0 Å². The van der Waals surface area contributed by atoms with Crippen LogP contribution in [-0.2, 0) is 0 Å². The first-order valence-electron chi connectivity index (χ1n) is 5.60. The molecule has 0 aliphatic carbocycles. The van der Waals surface area contributed by atoms with Crippen molar-refractivity contribution in [1.29, 1.82) is 0 Å². The van der Waals surface area contributed by atoms with E-state index in [1.165, 1.54) is 0 Å². The molecule has 0 aliphatic heterocycles. The van der Waals surface area contributed by atoms with Crippen molar-refractivity contribution in [1.82, 2.24) is 19.9 Å². The summed E-state index contributed by atoms with van der Waals surface area (Å²) in [6.07, 6.45) is 3.68. The summed E-state index contributed by atoms with van der Waals surface area (Å²) < 4.78 is 3.10. The Morgan fingerprint density at radius 3 is 3.05 bits per heavy atom. The van der Waals surface area contributed by atoms with Crippen LogP contribution in [0.1, 0.15) is 11.4 Å². The van der Waals surface area contributed by atoms with Crippen LogP contribution in [-0.4, -0.2) is 26.1 Å². The van der Waals surface area contributed by atoms with Crippen LogP contribution in [0, 0.1) is 11.7 Å². The fraction of sp³-hybridized carbons (Fsp3) is 0.0833. The summed E-state index contributed by atoms with van der Waals surface area (Å²) in [7, 11) is 0. The second-order valence-electron chi connectivity index (χ2n) is 4.07. The number of nitrogens with zero attached hydrogens (tertiary/aromatic N) is 3. The summed E-state index contributed by atoms with van der Waals surface area (Å²) in [6, 6.07) is 6.07. The minimum absolute atomic E-state index is 0.481. The molecule has 3 rings (SSSR count). The van der Waals surface area contributed by atoms with Gasteiger partial charge in [0, 0.05) is 27.1 Å². The van der Waals surface area contributed by atoms with Crippen LogP contribution >= 0.6 is 28.1 Å². The second-order valence-corrected chi connectivity index (χ2v) is 5.37. The molecule has 96 valence electrons. The van der Waals surface area contributed by atoms with Gasteiger partial charge in [-0.05, 0) is 37.3 Å². The Labute approximate surface area is 122 Å². The predicted molar refractivity (Wildman–Crippen MR) is 81.1 cm³/mol. The van der Waals surface area contributed by atoms with Crippen molar-refractivity contribution in [2.24, 2.45) is 5.10 Å².